The summed E-state index contributed by atoms with van der Waals surface area (Å²) in [5.41, 5.74) is -0.447. The van der Waals surface area contributed by atoms with E-state index in [1.54, 1.807) is 36.4 Å². The Morgan fingerprint density at radius 2 is 1.51 bits per heavy atom. The van der Waals surface area contributed by atoms with Gasteiger partial charge >= 0.3 is 11.0 Å². The van der Waals surface area contributed by atoms with Crippen molar-refractivity contribution in [3.8, 4) is 0 Å². The van der Waals surface area contributed by atoms with Gasteiger partial charge in [-0.3, -0.25) is 23.7 Å². The highest BCUT2D eigenvalue weighted by molar-refractivity contribution is 8.00. The van der Waals surface area contributed by atoms with Crippen molar-refractivity contribution in [3.05, 3.63) is 123 Å². The topological polar surface area (TPSA) is 88.5 Å². The molecule has 1 aromatic heterocycles. The van der Waals surface area contributed by atoms with Crippen LogP contribution in [0.5, 0.6) is 0 Å². The molecule has 5 aromatic rings. The number of para-hydroxylation sites is 1. The van der Waals surface area contributed by atoms with Gasteiger partial charge in [0.05, 0.1) is 22.2 Å². The predicted molar refractivity (Wildman–Crippen MR) is 167 cm³/mol. The van der Waals surface area contributed by atoms with Crippen LogP contribution in [0.1, 0.15) is 21.9 Å². The van der Waals surface area contributed by atoms with Crippen molar-refractivity contribution < 1.29 is 27.6 Å². The third-order valence-corrected chi connectivity index (χ3v) is 10.6. The van der Waals surface area contributed by atoms with Crippen molar-refractivity contribution in [2.24, 2.45) is 5.92 Å². The molecular formula is C33H22F3N3O4S2. The summed E-state index contributed by atoms with van der Waals surface area (Å²) in [6.45, 7) is -0.355. The number of thiazole rings is 1. The number of amides is 3. The van der Waals surface area contributed by atoms with Crippen LogP contribution >= 0.6 is 23.1 Å². The number of alkyl halides is 3. The van der Waals surface area contributed by atoms with Gasteiger partial charge in [-0.1, -0.05) is 95.9 Å². The Kier molecular flexibility index (Phi) is 7.13. The highest BCUT2D eigenvalue weighted by atomic mass is 32.2. The fraction of sp³-hybridized carbons (Fsp3) is 0.152. The summed E-state index contributed by atoms with van der Waals surface area (Å²) in [5.74, 6) is -3.88. The van der Waals surface area contributed by atoms with Crippen LogP contribution in [0.2, 0.25) is 0 Å². The third-order valence-electron chi connectivity index (χ3n) is 7.99. The Balaban J connectivity index is 1.27. The Labute approximate surface area is 262 Å². The number of hydrogen-bond donors (Lipinski definition) is 1. The number of carbonyl (C=O) groups is 3. The lowest BCUT2D eigenvalue weighted by molar-refractivity contribution is -0.137. The highest BCUT2D eigenvalue weighted by Crippen LogP contribution is 2.54. The molecule has 7 nitrogen and oxygen atoms in total. The second-order valence-corrected chi connectivity index (χ2v) is 12.8. The summed E-state index contributed by atoms with van der Waals surface area (Å²) >= 11 is 1.82. The molecule has 3 atom stereocenters. The van der Waals surface area contributed by atoms with Crippen LogP contribution < -0.4 is 15.1 Å². The largest absolute Gasteiger partial charge is 0.418 e. The highest BCUT2D eigenvalue weighted by Gasteiger charge is 2.57. The summed E-state index contributed by atoms with van der Waals surface area (Å²) in [7, 11) is 0. The summed E-state index contributed by atoms with van der Waals surface area (Å²) in [5, 5.41) is 3.98. The lowest BCUT2D eigenvalue weighted by Crippen LogP contribution is -2.33. The van der Waals surface area contributed by atoms with Gasteiger partial charge in [0.25, 0.3) is 0 Å². The molecule has 0 spiro atoms. The van der Waals surface area contributed by atoms with Crippen molar-refractivity contribution in [1.82, 2.24) is 4.57 Å². The van der Waals surface area contributed by atoms with E-state index in [4.69, 9.17) is 0 Å². The maximum atomic E-state index is 14.0. The summed E-state index contributed by atoms with van der Waals surface area (Å²) in [6.07, 6.45) is -4.80. The zero-order chi connectivity index (χ0) is 31.5. The first-order valence-electron chi connectivity index (χ1n) is 13.9. The van der Waals surface area contributed by atoms with Crippen molar-refractivity contribution in [2.75, 3.05) is 10.2 Å². The minimum atomic E-state index is -4.80. The van der Waals surface area contributed by atoms with E-state index in [0.717, 1.165) is 46.0 Å². The fourth-order valence-corrected chi connectivity index (χ4v) is 8.80. The van der Waals surface area contributed by atoms with Gasteiger partial charge in [-0.25, -0.2) is 4.90 Å². The van der Waals surface area contributed by atoms with E-state index in [1.807, 2.05) is 36.4 Å². The summed E-state index contributed by atoms with van der Waals surface area (Å²) < 4.78 is 43.1. The van der Waals surface area contributed by atoms with Crippen molar-refractivity contribution in [3.63, 3.8) is 0 Å². The third kappa shape index (κ3) is 5.03. The van der Waals surface area contributed by atoms with Crippen LogP contribution in [0.3, 0.4) is 0 Å². The molecule has 0 bridgehead atoms. The van der Waals surface area contributed by atoms with Crippen LogP contribution in [0.15, 0.2) is 107 Å². The van der Waals surface area contributed by atoms with Crippen LogP contribution in [0.25, 0.3) is 10.8 Å². The second kappa shape index (κ2) is 11.0. The first kappa shape index (κ1) is 29.1. The number of anilines is 2. The maximum absolute atomic E-state index is 14.0. The minimum Gasteiger partial charge on any atom is -0.325 e. The molecule has 1 fully saturated rings. The lowest BCUT2D eigenvalue weighted by Gasteiger charge is -2.30. The summed E-state index contributed by atoms with van der Waals surface area (Å²) in [6, 6.07) is 26.4. The quantitative estimate of drug-likeness (QED) is 0.220. The van der Waals surface area contributed by atoms with Crippen molar-refractivity contribution in [1.29, 1.82) is 0 Å². The van der Waals surface area contributed by atoms with E-state index < -0.39 is 57.1 Å². The summed E-state index contributed by atoms with van der Waals surface area (Å²) in [4.78, 5) is 55.1. The number of fused-ring (bicyclic) bond motifs is 3. The van der Waals surface area contributed by atoms with Gasteiger partial charge in [0.15, 0.2) is 0 Å². The number of nitrogens with one attached hydrogen (secondary N) is 1. The van der Waals surface area contributed by atoms with E-state index in [0.29, 0.717) is 26.1 Å². The number of aromatic nitrogens is 1. The first-order valence-corrected chi connectivity index (χ1v) is 15.6. The molecule has 12 heteroatoms. The molecule has 3 amide bonds. The SMILES string of the molecule is O=C(Cn1c2c(sc1=O)C(c1ccccc1)C1C(=O)N(c3ccccc3C(F)(F)F)C(=O)C1S2)Nc1ccc2ccccc2c1. The zero-order valence-electron chi connectivity index (χ0n) is 23.2. The molecular weight excluding hydrogens is 624 g/mol. The molecule has 45 heavy (non-hydrogen) atoms. The maximum Gasteiger partial charge on any atom is 0.418 e. The van der Waals surface area contributed by atoms with E-state index in [-0.39, 0.29) is 6.54 Å². The van der Waals surface area contributed by atoms with Gasteiger partial charge in [0.2, 0.25) is 17.7 Å². The molecule has 2 aliphatic heterocycles. The van der Waals surface area contributed by atoms with E-state index in [2.05, 4.69) is 5.32 Å². The fourth-order valence-electron chi connectivity index (χ4n) is 6.03. The average Bonchev–Trinajstić information content (AvgIpc) is 3.47. The Morgan fingerprint density at radius 3 is 2.27 bits per heavy atom. The number of carbonyl (C=O) groups excluding carboxylic acids is 3. The molecule has 0 saturated carbocycles. The normalized spacial score (nSPS) is 19.4. The Hall–Kier alpha value is -4.68. The number of imide groups is 1. The number of nitrogens with zero attached hydrogens (tertiary/aromatic N) is 2. The smallest absolute Gasteiger partial charge is 0.325 e. The van der Waals surface area contributed by atoms with Crippen LogP contribution in [-0.4, -0.2) is 27.5 Å². The molecule has 1 N–H and O–H groups in total. The number of hydrogen-bond acceptors (Lipinski definition) is 6. The molecule has 3 unspecified atom stereocenters. The predicted octanol–water partition coefficient (Wildman–Crippen LogP) is 6.52. The standard InChI is InChI=1S/C33H22F3N3O4S2/c34-33(35,36)22-12-6-7-13-23(22)39-29(41)26-25(19-9-2-1-3-10-19)28-31(44-27(26)30(39)42)38(32(43)45-28)17-24(40)37-21-15-14-18-8-4-5-11-20(18)16-21/h1-16,25-27H,17H2,(H,37,40). The monoisotopic (exact) mass is 645 g/mol. The van der Waals surface area contributed by atoms with Gasteiger partial charge < -0.3 is 5.32 Å². The Bertz CT molecular complexity index is 2060. The lowest BCUT2D eigenvalue weighted by atomic mass is 9.83. The van der Waals surface area contributed by atoms with E-state index in [9.17, 15) is 32.3 Å². The Morgan fingerprint density at radius 1 is 0.822 bits per heavy atom. The van der Waals surface area contributed by atoms with Crippen molar-refractivity contribution in [2.45, 2.75) is 28.9 Å². The van der Waals surface area contributed by atoms with Gasteiger partial charge in [-0.2, -0.15) is 13.2 Å². The molecule has 3 heterocycles. The van der Waals surface area contributed by atoms with E-state index in [1.165, 1.54) is 16.7 Å². The molecule has 0 aliphatic carbocycles. The molecule has 7 rings (SSSR count). The number of thioether (sulfide) groups is 1. The van der Waals surface area contributed by atoms with Crippen LogP contribution in [-0.2, 0) is 27.1 Å². The van der Waals surface area contributed by atoms with Gasteiger partial charge in [0.1, 0.15) is 11.8 Å². The van der Waals surface area contributed by atoms with Gasteiger partial charge in [-0.15, -0.1) is 0 Å². The van der Waals surface area contributed by atoms with Crippen molar-refractivity contribution >= 4 is 63.0 Å². The van der Waals surface area contributed by atoms with Gasteiger partial charge in [0, 0.05) is 16.5 Å². The zero-order valence-corrected chi connectivity index (χ0v) is 24.8. The molecule has 0 radical (unpaired) electrons. The van der Waals surface area contributed by atoms with Crippen LogP contribution in [0.4, 0.5) is 24.5 Å². The average molecular weight is 646 g/mol. The van der Waals surface area contributed by atoms with Crippen LogP contribution in [0, 0.1) is 5.92 Å². The molecule has 226 valence electrons. The number of rotatable bonds is 5. The molecule has 4 aromatic carbocycles. The first-order chi connectivity index (χ1) is 21.6. The second-order valence-electron chi connectivity index (χ2n) is 10.7. The van der Waals surface area contributed by atoms with E-state index >= 15 is 0 Å². The minimum absolute atomic E-state index is 0.348. The number of benzene rings is 4. The van der Waals surface area contributed by atoms with Gasteiger partial charge in [-0.05, 0) is 40.6 Å². The molecule has 2 aliphatic rings. The molecule has 1 saturated heterocycles. The number of halogens is 3.